The molecule has 4 aromatic rings. The van der Waals surface area contributed by atoms with E-state index in [1.807, 2.05) is 6.92 Å². The summed E-state index contributed by atoms with van der Waals surface area (Å²) >= 11 is 0. The molecule has 118 valence electrons. The van der Waals surface area contributed by atoms with Gasteiger partial charge in [0.15, 0.2) is 0 Å². The summed E-state index contributed by atoms with van der Waals surface area (Å²) in [5.74, 6) is 1.94. The Labute approximate surface area is 161 Å². The summed E-state index contributed by atoms with van der Waals surface area (Å²) in [6.45, 7) is 6.28. The van der Waals surface area contributed by atoms with Crippen molar-refractivity contribution in [2.75, 3.05) is 0 Å². The van der Waals surface area contributed by atoms with Crippen LogP contribution in [0.1, 0.15) is 16.9 Å². The second-order valence-corrected chi connectivity index (χ2v) is 6.22. The maximum Gasteiger partial charge on any atom is 0.0925 e. The molecule has 1 heterocycles. The SMILES string of the molecule is Cc1cc(-c2cc3c(-c4ccccc4)c(C)ccc3[cH-]2)oc1C.[Zr]. The Morgan fingerprint density at radius 1 is 0.833 bits per heavy atom. The van der Waals surface area contributed by atoms with Gasteiger partial charge >= 0.3 is 0 Å². The van der Waals surface area contributed by atoms with Crippen molar-refractivity contribution in [3.63, 3.8) is 0 Å². The molecule has 2 heteroatoms. The number of hydrogen-bond acceptors (Lipinski definition) is 1. The average Bonchev–Trinajstić information content (AvgIpc) is 3.12. The van der Waals surface area contributed by atoms with Crippen LogP contribution in [-0.4, -0.2) is 0 Å². The third-order valence-corrected chi connectivity index (χ3v) is 4.61. The van der Waals surface area contributed by atoms with Crippen LogP contribution < -0.4 is 0 Å². The van der Waals surface area contributed by atoms with Gasteiger partial charge in [-0.05, 0) is 43.5 Å². The monoisotopic (exact) mass is 389 g/mol. The minimum atomic E-state index is 0. The Balaban J connectivity index is 0.00000169. The van der Waals surface area contributed by atoms with E-state index >= 15 is 0 Å². The Morgan fingerprint density at radius 2 is 1.58 bits per heavy atom. The topological polar surface area (TPSA) is 13.1 Å². The van der Waals surface area contributed by atoms with Gasteiger partial charge in [0.1, 0.15) is 0 Å². The molecule has 0 spiro atoms. The zero-order valence-corrected chi connectivity index (χ0v) is 16.6. The van der Waals surface area contributed by atoms with Gasteiger partial charge in [-0.2, -0.15) is 0 Å². The molecule has 0 unspecified atom stereocenters. The van der Waals surface area contributed by atoms with Gasteiger partial charge in [-0.15, -0.1) is 29.0 Å². The van der Waals surface area contributed by atoms with Crippen molar-refractivity contribution in [2.45, 2.75) is 20.8 Å². The number of rotatable bonds is 2. The molecule has 0 amide bonds. The summed E-state index contributed by atoms with van der Waals surface area (Å²) in [7, 11) is 0. The number of hydrogen-bond donors (Lipinski definition) is 0. The summed E-state index contributed by atoms with van der Waals surface area (Å²) in [4.78, 5) is 0. The average molecular weight is 391 g/mol. The van der Waals surface area contributed by atoms with Gasteiger partial charge in [-0.3, -0.25) is 0 Å². The Hall–Kier alpha value is -1.79. The van der Waals surface area contributed by atoms with Gasteiger partial charge in [0.2, 0.25) is 0 Å². The zero-order chi connectivity index (χ0) is 16.0. The first-order valence-corrected chi connectivity index (χ1v) is 7.96. The summed E-state index contributed by atoms with van der Waals surface area (Å²) in [6.07, 6.45) is 0. The van der Waals surface area contributed by atoms with E-state index in [-0.39, 0.29) is 26.2 Å². The molecule has 0 aliphatic heterocycles. The van der Waals surface area contributed by atoms with Crippen molar-refractivity contribution in [3.05, 3.63) is 77.6 Å². The van der Waals surface area contributed by atoms with Crippen LogP contribution in [0.3, 0.4) is 0 Å². The van der Waals surface area contributed by atoms with Crippen molar-refractivity contribution in [3.8, 4) is 22.5 Å². The van der Waals surface area contributed by atoms with Crippen molar-refractivity contribution in [1.29, 1.82) is 0 Å². The zero-order valence-electron chi connectivity index (χ0n) is 14.2. The van der Waals surface area contributed by atoms with Crippen molar-refractivity contribution >= 4 is 10.8 Å². The molecule has 3 aromatic carbocycles. The molecule has 4 rings (SSSR count). The number of benzene rings is 2. The molecular formula is C22H19OZr-. The van der Waals surface area contributed by atoms with Crippen molar-refractivity contribution < 1.29 is 30.6 Å². The Bertz CT molecular complexity index is 970. The molecule has 24 heavy (non-hydrogen) atoms. The van der Waals surface area contributed by atoms with E-state index in [1.165, 1.54) is 33.0 Å². The Kier molecular flexibility index (Phi) is 4.70. The molecule has 0 aliphatic rings. The number of aryl methyl sites for hydroxylation is 3. The predicted octanol–water partition coefficient (Wildman–Crippen LogP) is 6.41. The van der Waals surface area contributed by atoms with Crippen LogP contribution in [0, 0.1) is 20.8 Å². The quantitative estimate of drug-likeness (QED) is 0.361. The van der Waals surface area contributed by atoms with Crippen LogP contribution >= 0.6 is 0 Å². The maximum absolute atomic E-state index is 5.91. The second-order valence-electron chi connectivity index (χ2n) is 6.22. The van der Waals surface area contributed by atoms with E-state index in [0.717, 1.165) is 17.1 Å². The molecule has 0 N–H and O–H groups in total. The number of fused-ring (bicyclic) bond motifs is 1. The molecular weight excluding hydrogens is 371 g/mol. The largest absolute Gasteiger partial charge is 0.496 e. The van der Waals surface area contributed by atoms with Gasteiger partial charge < -0.3 is 4.42 Å². The van der Waals surface area contributed by atoms with E-state index in [9.17, 15) is 0 Å². The van der Waals surface area contributed by atoms with Crippen LogP contribution in [-0.2, 0) is 26.2 Å². The van der Waals surface area contributed by atoms with Gasteiger partial charge in [0, 0.05) is 26.2 Å². The smallest absolute Gasteiger partial charge is 0.0925 e. The van der Waals surface area contributed by atoms with Crippen LogP contribution in [0.15, 0.2) is 65.1 Å². The van der Waals surface area contributed by atoms with Crippen LogP contribution in [0.25, 0.3) is 33.2 Å². The first kappa shape index (κ1) is 17.0. The van der Waals surface area contributed by atoms with E-state index in [2.05, 4.69) is 74.5 Å². The van der Waals surface area contributed by atoms with Crippen LogP contribution in [0.4, 0.5) is 0 Å². The first-order valence-electron chi connectivity index (χ1n) is 7.96. The third kappa shape index (κ3) is 2.84. The fourth-order valence-electron chi connectivity index (χ4n) is 3.24. The van der Waals surface area contributed by atoms with Crippen molar-refractivity contribution in [2.24, 2.45) is 0 Å². The fourth-order valence-corrected chi connectivity index (χ4v) is 3.24. The Morgan fingerprint density at radius 3 is 2.25 bits per heavy atom. The molecule has 1 nitrogen and oxygen atoms in total. The minimum absolute atomic E-state index is 0. The van der Waals surface area contributed by atoms with Gasteiger partial charge in [-0.25, -0.2) is 0 Å². The third-order valence-electron chi connectivity index (χ3n) is 4.61. The van der Waals surface area contributed by atoms with Crippen LogP contribution in [0.5, 0.6) is 0 Å². The molecule has 0 atom stereocenters. The molecule has 0 aliphatic carbocycles. The minimum Gasteiger partial charge on any atom is -0.496 e. The molecule has 0 saturated carbocycles. The summed E-state index contributed by atoms with van der Waals surface area (Å²) in [5, 5.41) is 2.55. The van der Waals surface area contributed by atoms with Gasteiger partial charge in [0.25, 0.3) is 0 Å². The summed E-state index contributed by atoms with van der Waals surface area (Å²) in [6, 6.07) is 21.6. The van der Waals surface area contributed by atoms with Crippen molar-refractivity contribution in [1.82, 2.24) is 0 Å². The standard InChI is InChI=1S/C22H19O.Zr/c1-14-9-10-18-12-19(21-11-15(2)16(3)23-21)13-20(18)22(14)17-7-5-4-6-8-17;/h4-13H,1-3H3;/q-1;. The molecule has 0 fully saturated rings. The van der Waals surface area contributed by atoms with Gasteiger partial charge in [0.05, 0.1) is 11.5 Å². The second kappa shape index (κ2) is 6.61. The molecule has 1 aromatic heterocycles. The summed E-state index contributed by atoms with van der Waals surface area (Å²) in [5.41, 5.74) is 6.23. The first-order chi connectivity index (χ1) is 11.1. The van der Waals surface area contributed by atoms with Gasteiger partial charge in [-0.1, -0.05) is 47.5 Å². The summed E-state index contributed by atoms with van der Waals surface area (Å²) < 4.78 is 5.91. The molecule has 0 radical (unpaired) electrons. The fraction of sp³-hybridized carbons (Fsp3) is 0.136. The van der Waals surface area contributed by atoms with Crippen LogP contribution in [0.2, 0.25) is 0 Å². The molecule has 0 saturated heterocycles. The van der Waals surface area contributed by atoms with E-state index < -0.39 is 0 Å². The van der Waals surface area contributed by atoms with E-state index in [0.29, 0.717) is 0 Å². The molecule has 0 bridgehead atoms. The predicted molar refractivity (Wildman–Crippen MR) is 96.9 cm³/mol. The normalized spacial score (nSPS) is 10.8. The van der Waals surface area contributed by atoms with E-state index in [1.54, 1.807) is 0 Å². The maximum atomic E-state index is 5.91. The number of furan rings is 1. The van der Waals surface area contributed by atoms with E-state index in [4.69, 9.17) is 4.42 Å².